The fourth-order valence-corrected chi connectivity index (χ4v) is 2.88. The molecule has 3 N–H and O–H groups in total. The van der Waals surface area contributed by atoms with Crippen molar-refractivity contribution in [1.82, 2.24) is 9.80 Å². The van der Waals surface area contributed by atoms with E-state index in [0.29, 0.717) is 5.91 Å². The highest BCUT2D eigenvalue weighted by atomic mass is 16.3. The van der Waals surface area contributed by atoms with E-state index in [1.54, 1.807) is 0 Å². The zero-order chi connectivity index (χ0) is 13.2. The van der Waals surface area contributed by atoms with Crippen LogP contribution in [-0.2, 0) is 4.79 Å². The minimum Gasteiger partial charge on any atom is -0.394 e. The summed E-state index contributed by atoms with van der Waals surface area (Å²) in [6, 6.07) is 0. The molecule has 0 bridgehead atoms. The second kappa shape index (κ2) is 5.55. The number of carbonyl (C=O) groups excluding carboxylic acids is 1. The van der Waals surface area contributed by atoms with Gasteiger partial charge in [-0.3, -0.25) is 4.79 Å². The highest BCUT2D eigenvalue weighted by Crippen LogP contribution is 2.31. The average Bonchev–Trinajstić information content (AvgIpc) is 2.40. The van der Waals surface area contributed by atoms with Gasteiger partial charge in [0.15, 0.2) is 0 Å². The van der Waals surface area contributed by atoms with Crippen molar-refractivity contribution >= 4 is 5.91 Å². The number of aliphatic hydroxyl groups is 1. The molecule has 5 nitrogen and oxygen atoms in total. The van der Waals surface area contributed by atoms with Gasteiger partial charge in [0.2, 0.25) is 5.91 Å². The molecule has 0 radical (unpaired) electrons. The van der Waals surface area contributed by atoms with Crippen LogP contribution in [0.4, 0.5) is 0 Å². The molecule has 0 aromatic carbocycles. The Morgan fingerprint density at radius 1 is 1.28 bits per heavy atom. The molecule has 2 fully saturated rings. The molecule has 18 heavy (non-hydrogen) atoms. The number of hydrogen-bond acceptors (Lipinski definition) is 4. The van der Waals surface area contributed by atoms with Crippen molar-refractivity contribution in [3.05, 3.63) is 0 Å². The van der Waals surface area contributed by atoms with Gasteiger partial charge in [-0.1, -0.05) is 0 Å². The molecule has 0 spiro atoms. The zero-order valence-corrected chi connectivity index (χ0v) is 11.3. The third kappa shape index (κ3) is 3.02. The van der Waals surface area contributed by atoms with Crippen LogP contribution in [0.5, 0.6) is 0 Å². The van der Waals surface area contributed by atoms with Crippen molar-refractivity contribution in [3.8, 4) is 0 Å². The van der Waals surface area contributed by atoms with Crippen molar-refractivity contribution in [2.45, 2.75) is 31.2 Å². The number of likely N-dealkylation sites (N-methyl/N-ethyl adjacent to an activating group) is 1. The van der Waals surface area contributed by atoms with E-state index in [1.165, 1.54) is 0 Å². The van der Waals surface area contributed by atoms with E-state index in [0.717, 1.165) is 51.9 Å². The zero-order valence-electron chi connectivity index (χ0n) is 11.3. The fourth-order valence-electron chi connectivity index (χ4n) is 2.88. The SMILES string of the molecule is CN1CCN(C(=O)C2CCC(N)(CO)CC2)CC1. The second-order valence-electron chi connectivity index (χ2n) is 5.92. The van der Waals surface area contributed by atoms with Crippen LogP contribution >= 0.6 is 0 Å². The lowest BCUT2D eigenvalue weighted by atomic mass is 9.77. The molecule has 1 aliphatic carbocycles. The van der Waals surface area contributed by atoms with Gasteiger partial charge in [0.25, 0.3) is 0 Å². The number of aliphatic hydroxyl groups excluding tert-OH is 1. The van der Waals surface area contributed by atoms with E-state index in [1.807, 2.05) is 4.90 Å². The van der Waals surface area contributed by atoms with Crippen molar-refractivity contribution < 1.29 is 9.90 Å². The molecule has 0 unspecified atom stereocenters. The van der Waals surface area contributed by atoms with Gasteiger partial charge >= 0.3 is 0 Å². The summed E-state index contributed by atoms with van der Waals surface area (Å²) in [7, 11) is 2.09. The topological polar surface area (TPSA) is 69.8 Å². The lowest BCUT2D eigenvalue weighted by Crippen LogP contribution is -2.52. The first-order valence-electron chi connectivity index (χ1n) is 6.91. The first-order valence-corrected chi connectivity index (χ1v) is 6.91. The van der Waals surface area contributed by atoms with E-state index in [2.05, 4.69) is 11.9 Å². The number of hydrogen-bond donors (Lipinski definition) is 2. The summed E-state index contributed by atoms with van der Waals surface area (Å²) in [5.74, 6) is 0.416. The van der Waals surface area contributed by atoms with Crippen LogP contribution in [0.3, 0.4) is 0 Å². The molecule has 1 saturated carbocycles. The van der Waals surface area contributed by atoms with Crippen LogP contribution in [0.15, 0.2) is 0 Å². The molecule has 104 valence electrons. The average molecular weight is 255 g/mol. The predicted molar refractivity (Wildman–Crippen MR) is 70.0 cm³/mol. The Balaban J connectivity index is 1.84. The predicted octanol–water partition coefficient (Wildman–Crippen LogP) is -0.360. The van der Waals surface area contributed by atoms with Crippen LogP contribution in [-0.4, -0.2) is 66.2 Å². The summed E-state index contributed by atoms with van der Waals surface area (Å²) < 4.78 is 0. The Hall–Kier alpha value is -0.650. The number of amides is 1. The molecule has 1 saturated heterocycles. The van der Waals surface area contributed by atoms with Crippen LogP contribution in [0, 0.1) is 5.92 Å². The summed E-state index contributed by atoms with van der Waals surface area (Å²) in [5, 5.41) is 9.23. The summed E-state index contributed by atoms with van der Waals surface area (Å²) in [5.41, 5.74) is 5.59. The number of rotatable bonds is 2. The van der Waals surface area contributed by atoms with Gasteiger partial charge in [-0.05, 0) is 32.7 Å². The summed E-state index contributed by atoms with van der Waals surface area (Å²) in [6.45, 7) is 3.66. The van der Waals surface area contributed by atoms with Gasteiger partial charge in [0, 0.05) is 37.6 Å². The summed E-state index contributed by atoms with van der Waals surface area (Å²) in [4.78, 5) is 16.6. The maximum Gasteiger partial charge on any atom is 0.225 e. The Labute approximate surface area is 109 Å². The minimum atomic E-state index is -0.446. The van der Waals surface area contributed by atoms with E-state index in [4.69, 9.17) is 5.73 Å². The van der Waals surface area contributed by atoms with E-state index in [-0.39, 0.29) is 12.5 Å². The quantitative estimate of drug-likeness (QED) is 0.707. The molecular formula is C13H25N3O2. The molecule has 1 heterocycles. The van der Waals surface area contributed by atoms with Crippen molar-refractivity contribution in [1.29, 1.82) is 0 Å². The number of nitrogens with two attached hydrogens (primary N) is 1. The molecule has 0 aromatic heterocycles. The van der Waals surface area contributed by atoms with Crippen LogP contribution in [0.2, 0.25) is 0 Å². The van der Waals surface area contributed by atoms with Crippen molar-refractivity contribution in [3.63, 3.8) is 0 Å². The van der Waals surface area contributed by atoms with Crippen LogP contribution < -0.4 is 5.73 Å². The molecule has 1 aliphatic heterocycles. The molecule has 5 heteroatoms. The third-order valence-electron chi connectivity index (χ3n) is 4.46. The minimum absolute atomic E-state index is 0.0302. The second-order valence-corrected chi connectivity index (χ2v) is 5.92. The normalized spacial score (nSPS) is 34.6. The van der Waals surface area contributed by atoms with Gasteiger partial charge in [0.1, 0.15) is 0 Å². The first kappa shape index (κ1) is 13.8. The molecule has 0 atom stereocenters. The maximum atomic E-state index is 12.4. The molecule has 2 aliphatic rings. The Morgan fingerprint density at radius 2 is 1.83 bits per heavy atom. The lowest BCUT2D eigenvalue weighted by molar-refractivity contribution is -0.138. The Morgan fingerprint density at radius 3 is 2.33 bits per heavy atom. The first-order chi connectivity index (χ1) is 8.54. The van der Waals surface area contributed by atoms with Crippen LogP contribution in [0.1, 0.15) is 25.7 Å². The Kier molecular flexibility index (Phi) is 4.25. The monoisotopic (exact) mass is 255 g/mol. The van der Waals surface area contributed by atoms with E-state index in [9.17, 15) is 9.90 Å². The lowest BCUT2D eigenvalue weighted by Gasteiger charge is -2.39. The Bertz CT molecular complexity index is 293. The van der Waals surface area contributed by atoms with Crippen LogP contribution in [0.25, 0.3) is 0 Å². The fraction of sp³-hybridized carbons (Fsp3) is 0.923. The van der Waals surface area contributed by atoms with E-state index >= 15 is 0 Å². The molecule has 0 aromatic rings. The van der Waals surface area contributed by atoms with E-state index < -0.39 is 5.54 Å². The largest absolute Gasteiger partial charge is 0.394 e. The number of piperazine rings is 1. The summed E-state index contributed by atoms with van der Waals surface area (Å²) in [6.07, 6.45) is 3.16. The standard InChI is InChI=1S/C13H25N3O2/c1-15-6-8-16(9-7-15)12(18)11-2-4-13(14,10-17)5-3-11/h11,17H,2-10,14H2,1H3. The van der Waals surface area contributed by atoms with Crippen molar-refractivity contribution in [2.75, 3.05) is 39.8 Å². The van der Waals surface area contributed by atoms with Gasteiger partial charge < -0.3 is 20.6 Å². The van der Waals surface area contributed by atoms with Gasteiger partial charge in [-0.2, -0.15) is 0 Å². The van der Waals surface area contributed by atoms with Crippen molar-refractivity contribution in [2.24, 2.45) is 11.7 Å². The summed E-state index contributed by atoms with van der Waals surface area (Å²) >= 11 is 0. The van der Waals surface area contributed by atoms with Gasteiger partial charge in [0.05, 0.1) is 6.61 Å². The number of nitrogens with zero attached hydrogens (tertiary/aromatic N) is 2. The highest BCUT2D eigenvalue weighted by molar-refractivity contribution is 5.79. The smallest absolute Gasteiger partial charge is 0.225 e. The molecule has 2 rings (SSSR count). The molecular weight excluding hydrogens is 230 g/mol. The number of carbonyl (C=O) groups is 1. The maximum absolute atomic E-state index is 12.4. The highest BCUT2D eigenvalue weighted by Gasteiger charge is 2.35. The third-order valence-corrected chi connectivity index (χ3v) is 4.46. The van der Waals surface area contributed by atoms with Gasteiger partial charge in [-0.15, -0.1) is 0 Å². The van der Waals surface area contributed by atoms with Gasteiger partial charge in [-0.25, -0.2) is 0 Å². The molecule has 1 amide bonds.